The van der Waals surface area contributed by atoms with Crippen LogP contribution in [0.15, 0.2) is 12.2 Å². The Balaban J connectivity index is 3.88. The fourth-order valence-corrected chi connectivity index (χ4v) is 2.78. The molecular weight excluding hydrogens is 216 g/mol. The molecule has 0 aromatic rings. The van der Waals surface area contributed by atoms with Crippen molar-refractivity contribution in [2.45, 2.75) is 91.9 Å². The van der Waals surface area contributed by atoms with Gasteiger partial charge in [-0.25, -0.2) is 0 Å². The zero-order chi connectivity index (χ0) is 13.6. The van der Waals surface area contributed by atoms with Crippen LogP contribution in [-0.2, 0) is 0 Å². The van der Waals surface area contributed by atoms with Crippen molar-refractivity contribution in [2.75, 3.05) is 0 Å². The molecule has 0 saturated carbocycles. The third kappa shape index (κ3) is 9.74. The highest BCUT2D eigenvalue weighted by Gasteiger charge is 2.15. The lowest BCUT2D eigenvalue weighted by Crippen LogP contribution is -2.12. The Hall–Kier alpha value is -0.260. The first-order valence-corrected chi connectivity index (χ1v) is 8.37. The average molecular weight is 252 g/mol. The SMILES string of the molecule is C/C=C/CCCCC(CCCC)C(C)CCCC. The summed E-state index contributed by atoms with van der Waals surface area (Å²) >= 11 is 0. The molecule has 0 spiro atoms. The minimum absolute atomic E-state index is 0.943. The fraction of sp³-hybridized carbons (Fsp3) is 0.889. The molecule has 2 unspecified atom stereocenters. The maximum Gasteiger partial charge on any atom is -0.0351 e. The molecule has 0 saturated heterocycles. The lowest BCUT2D eigenvalue weighted by molar-refractivity contribution is 0.280. The zero-order valence-corrected chi connectivity index (χ0v) is 13.4. The largest absolute Gasteiger partial charge is 0.0917 e. The number of unbranched alkanes of at least 4 members (excludes halogenated alkanes) is 4. The van der Waals surface area contributed by atoms with Gasteiger partial charge in [0.2, 0.25) is 0 Å². The summed E-state index contributed by atoms with van der Waals surface area (Å²) in [5.74, 6) is 1.93. The summed E-state index contributed by atoms with van der Waals surface area (Å²) in [5, 5.41) is 0. The van der Waals surface area contributed by atoms with Gasteiger partial charge in [-0.1, -0.05) is 84.3 Å². The van der Waals surface area contributed by atoms with E-state index in [1.807, 2.05) is 0 Å². The lowest BCUT2D eigenvalue weighted by atomic mass is 9.82. The molecule has 0 heterocycles. The Bertz CT molecular complexity index is 180. The van der Waals surface area contributed by atoms with Crippen LogP contribution >= 0.6 is 0 Å². The topological polar surface area (TPSA) is 0 Å². The molecule has 0 fully saturated rings. The van der Waals surface area contributed by atoms with E-state index in [0.717, 1.165) is 11.8 Å². The summed E-state index contributed by atoms with van der Waals surface area (Å²) in [6, 6.07) is 0. The van der Waals surface area contributed by atoms with E-state index in [-0.39, 0.29) is 0 Å². The first kappa shape index (κ1) is 17.7. The van der Waals surface area contributed by atoms with Crippen LogP contribution < -0.4 is 0 Å². The third-order valence-corrected chi connectivity index (χ3v) is 4.18. The van der Waals surface area contributed by atoms with Crippen molar-refractivity contribution in [1.29, 1.82) is 0 Å². The van der Waals surface area contributed by atoms with Crippen LogP contribution in [0.4, 0.5) is 0 Å². The average Bonchev–Trinajstić information content (AvgIpc) is 2.39. The minimum Gasteiger partial charge on any atom is -0.0917 e. The highest BCUT2D eigenvalue weighted by Crippen LogP contribution is 2.28. The van der Waals surface area contributed by atoms with E-state index in [1.165, 1.54) is 64.2 Å². The standard InChI is InChI=1S/C18H36/c1-5-8-11-12-13-16-18(15-10-7-3)17(4)14-9-6-2/h5,8,17-18H,6-7,9-16H2,1-4H3/b8-5+. The molecule has 0 aliphatic carbocycles. The molecular formula is C18H36. The number of allylic oxidation sites excluding steroid dienone is 2. The molecule has 0 N–H and O–H groups in total. The molecule has 0 aromatic heterocycles. The van der Waals surface area contributed by atoms with Gasteiger partial charge in [-0.05, 0) is 31.6 Å². The van der Waals surface area contributed by atoms with Gasteiger partial charge in [0, 0.05) is 0 Å². The fourth-order valence-electron chi connectivity index (χ4n) is 2.78. The quantitative estimate of drug-likeness (QED) is 0.266. The van der Waals surface area contributed by atoms with Crippen molar-refractivity contribution in [1.82, 2.24) is 0 Å². The molecule has 0 nitrogen and oxygen atoms in total. The van der Waals surface area contributed by atoms with Crippen LogP contribution in [0.2, 0.25) is 0 Å². The van der Waals surface area contributed by atoms with Gasteiger partial charge in [-0.3, -0.25) is 0 Å². The van der Waals surface area contributed by atoms with Gasteiger partial charge in [0.05, 0.1) is 0 Å². The van der Waals surface area contributed by atoms with Crippen LogP contribution in [0.3, 0.4) is 0 Å². The summed E-state index contributed by atoms with van der Waals surface area (Å²) in [5.41, 5.74) is 0. The Labute approximate surface area is 116 Å². The highest BCUT2D eigenvalue weighted by atomic mass is 14.2. The van der Waals surface area contributed by atoms with Gasteiger partial charge in [0.25, 0.3) is 0 Å². The monoisotopic (exact) mass is 252 g/mol. The molecule has 0 heteroatoms. The van der Waals surface area contributed by atoms with Crippen molar-refractivity contribution >= 4 is 0 Å². The van der Waals surface area contributed by atoms with E-state index in [0.29, 0.717) is 0 Å². The zero-order valence-electron chi connectivity index (χ0n) is 13.4. The highest BCUT2D eigenvalue weighted by molar-refractivity contribution is 4.76. The van der Waals surface area contributed by atoms with Crippen molar-refractivity contribution in [2.24, 2.45) is 11.8 Å². The van der Waals surface area contributed by atoms with E-state index in [1.54, 1.807) is 0 Å². The summed E-state index contributed by atoms with van der Waals surface area (Å²) in [4.78, 5) is 0. The molecule has 0 aliphatic heterocycles. The van der Waals surface area contributed by atoms with Gasteiger partial charge >= 0.3 is 0 Å². The van der Waals surface area contributed by atoms with Gasteiger partial charge in [-0.15, -0.1) is 0 Å². The van der Waals surface area contributed by atoms with Crippen LogP contribution in [0.5, 0.6) is 0 Å². The predicted molar refractivity (Wildman–Crippen MR) is 85.0 cm³/mol. The lowest BCUT2D eigenvalue weighted by Gasteiger charge is -2.24. The minimum atomic E-state index is 0.943. The second-order valence-corrected chi connectivity index (χ2v) is 5.88. The molecule has 0 aliphatic rings. The van der Waals surface area contributed by atoms with E-state index >= 15 is 0 Å². The molecule has 0 rings (SSSR count). The van der Waals surface area contributed by atoms with E-state index < -0.39 is 0 Å². The predicted octanol–water partition coefficient (Wildman–Crippen LogP) is 6.76. The van der Waals surface area contributed by atoms with Crippen LogP contribution in [-0.4, -0.2) is 0 Å². The maximum absolute atomic E-state index is 2.49. The number of hydrogen-bond acceptors (Lipinski definition) is 0. The molecule has 18 heavy (non-hydrogen) atoms. The summed E-state index contributed by atoms with van der Waals surface area (Å²) in [7, 11) is 0. The smallest absolute Gasteiger partial charge is 0.0351 e. The van der Waals surface area contributed by atoms with Crippen molar-refractivity contribution < 1.29 is 0 Å². The second-order valence-electron chi connectivity index (χ2n) is 5.88. The first-order valence-electron chi connectivity index (χ1n) is 8.37. The Morgan fingerprint density at radius 1 is 0.833 bits per heavy atom. The van der Waals surface area contributed by atoms with E-state index in [4.69, 9.17) is 0 Å². The molecule has 2 atom stereocenters. The van der Waals surface area contributed by atoms with Gasteiger partial charge < -0.3 is 0 Å². The number of hydrogen-bond donors (Lipinski definition) is 0. The Morgan fingerprint density at radius 3 is 2.06 bits per heavy atom. The molecule has 0 aromatic carbocycles. The Morgan fingerprint density at radius 2 is 1.44 bits per heavy atom. The van der Waals surface area contributed by atoms with E-state index in [9.17, 15) is 0 Å². The van der Waals surface area contributed by atoms with Crippen molar-refractivity contribution in [3.63, 3.8) is 0 Å². The van der Waals surface area contributed by atoms with Crippen LogP contribution in [0.25, 0.3) is 0 Å². The van der Waals surface area contributed by atoms with Crippen molar-refractivity contribution in [3.8, 4) is 0 Å². The normalized spacial score (nSPS) is 15.1. The Kier molecular flexibility index (Phi) is 13.0. The summed E-state index contributed by atoms with van der Waals surface area (Å²) < 4.78 is 0. The van der Waals surface area contributed by atoms with Gasteiger partial charge in [-0.2, -0.15) is 0 Å². The third-order valence-electron chi connectivity index (χ3n) is 4.18. The molecule has 0 radical (unpaired) electrons. The summed E-state index contributed by atoms with van der Waals surface area (Å²) in [6.07, 6.45) is 18.5. The second kappa shape index (κ2) is 13.2. The summed E-state index contributed by atoms with van der Waals surface area (Å²) in [6.45, 7) is 9.24. The first-order chi connectivity index (χ1) is 8.76. The molecule has 108 valence electrons. The van der Waals surface area contributed by atoms with Gasteiger partial charge in [0.1, 0.15) is 0 Å². The van der Waals surface area contributed by atoms with Crippen LogP contribution in [0.1, 0.15) is 91.9 Å². The molecule has 0 amide bonds. The number of rotatable bonds is 12. The van der Waals surface area contributed by atoms with Gasteiger partial charge in [0.15, 0.2) is 0 Å². The maximum atomic E-state index is 2.49. The van der Waals surface area contributed by atoms with Crippen LogP contribution in [0, 0.1) is 11.8 Å². The van der Waals surface area contributed by atoms with E-state index in [2.05, 4.69) is 39.8 Å². The van der Waals surface area contributed by atoms with Crippen molar-refractivity contribution in [3.05, 3.63) is 12.2 Å². The molecule has 0 bridgehead atoms.